The lowest BCUT2D eigenvalue weighted by atomic mass is 10.1. The van der Waals surface area contributed by atoms with Gasteiger partial charge in [-0.2, -0.15) is 5.10 Å². The van der Waals surface area contributed by atoms with Crippen LogP contribution in [0.5, 0.6) is 23.0 Å². The maximum atomic E-state index is 12.6. The number of carbonyl (C=O) groups is 2. The molecule has 1 aromatic heterocycles. The summed E-state index contributed by atoms with van der Waals surface area (Å²) in [5.74, 6) is 2.29. The van der Waals surface area contributed by atoms with Crippen LogP contribution < -0.4 is 24.3 Å². The van der Waals surface area contributed by atoms with Crippen LogP contribution in [0.1, 0.15) is 6.92 Å². The molecule has 1 saturated heterocycles. The Bertz CT molecular complexity index is 1300. The highest BCUT2D eigenvalue weighted by Gasteiger charge is 2.19. The summed E-state index contributed by atoms with van der Waals surface area (Å²) in [4.78, 5) is 28.3. The molecule has 0 saturated carbocycles. The summed E-state index contributed by atoms with van der Waals surface area (Å²) < 4.78 is 24.2. The molecule has 5 rings (SSSR count). The summed E-state index contributed by atoms with van der Waals surface area (Å²) in [7, 11) is 1.86. The molecule has 0 unspecified atom stereocenters. The Labute approximate surface area is 220 Å². The fourth-order valence-electron chi connectivity index (χ4n) is 4.46. The summed E-state index contributed by atoms with van der Waals surface area (Å²) >= 11 is 0. The van der Waals surface area contributed by atoms with Gasteiger partial charge in [0.25, 0.3) is 5.91 Å². The van der Waals surface area contributed by atoms with Crippen LogP contribution in [0.15, 0.2) is 48.7 Å². The van der Waals surface area contributed by atoms with Gasteiger partial charge in [0.15, 0.2) is 18.1 Å². The molecule has 2 aliphatic heterocycles. The topological polar surface area (TPSA) is 107 Å². The van der Waals surface area contributed by atoms with E-state index in [2.05, 4.69) is 15.3 Å². The van der Waals surface area contributed by atoms with Gasteiger partial charge < -0.3 is 29.2 Å². The van der Waals surface area contributed by atoms with Crippen LogP contribution in [-0.4, -0.2) is 84.1 Å². The van der Waals surface area contributed by atoms with Crippen LogP contribution in [0.3, 0.4) is 0 Å². The maximum Gasteiger partial charge on any atom is 0.262 e. The average Bonchev–Trinajstić information content (AvgIpc) is 3.57. The van der Waals surface area contributed by atoms with Crippen LogP contribution in [0.4, 0.5) is 5.69 Å². The van der Waals surface area contributed by atoms with Crippen molar-refractivity contribution in [2.24, 2.45) is 7.05 Å². The SMILES string of the molecule is CC(=O)N1CCN(CCOc2ccc(NC(=O)COc3ccc4c(c3)OCO4)cc2-c2ccnn2C)CC1. The zero-order valence-corrected chi connectivity index (χ0v) is 21.5. The Balaban J connectivity index is 1.19. The normalized spacial score (nSPS) is 14.8. The third kappa shape index (κ3) is 6.00. The molecule has 0 bridgehead atoms. The number of anilines is 1. The molecule has 200 valence electrons. The van der Waals surface area contributed by atoms with E-state index in [0.717, 1.165) is 44.0 Å². The van der Waals surface area contributed by atoms with Crippen molar-refractivity contribution < 1.29 is 28.5 Å². The Hall–Kier alpha value is -4.25. The largest absolute Gasteiger partial charge is 0.492 e. The fraction of sp³-hybridized carbons (Fsp3) is 0.370. The molecule has 0 spiro atoms. The van der Waals surface area contributed by atoms with Crippen LogP contribution in [0.2, 0.25) is 0 Å². The number of benzene rings is 2. The van der Waals surface area contributed by atoms with Crippen molar-refractivity contribution in [2.45, 2.75) is 6.92 Å². The Morgan fingerprint density at radius 3 is 2.58 bits per heavy atom. The minimum absolute atomic E-state index is 0.119. The molecule has 2 amide bonds. The number of piperazine rings is 1. The van der Waals surface area contributed by atoms with Gasteiger partial charge in [0, 0.05) is 70.2 Å². The second-order valence-electron chi connectivity index (χ2n) is 9.10. The molecule has 1 N–H and O–H groups in total. The van der Waals surface area contributed by atoms with Crippen molar-refractivity contribution in [2.75, 3.05) is 58.0 Å². The number of carbonyl (C=O) groups excluding carboxylic acids is 2. The predicted octanol–water partition coefficient (Wildman–Crippen LogP) is 2.38. The highest BCUT2D eigenvalue weighted by molar-refractivity contribution is 5.93. The average molecular weight is 522 g/mol. The summed E-state index contributed by atoms with van der Waals surface area (Å²) in [6.07, 6.45) is 1.72. The summed E-state index contributed by atoms with van der Waals surface area (Å²) in [5.41, 5.74) is 2.30. The van der Waals surface area contributed by atoms with Gasteiger partial charge in [-0.3, -0.25) is 19.2 Å². The molecule has 0 atom stereocenters. The van der Waals surface area contributed by atoms with Crippen LogP contribution in [0.25, 0.3) is 11.3 Å². The lowest BCUT2D eigenvalue weighted by Gasteiger charge is -2.34. The molecule has 38 heavy (non-hydrogen) atoms. The van der Waals surface area contributed by atoms with Gasteiger partial charge in [0.2, 0.25) is 12.7 Å². The zero-order chi connectivity index (χ0) is 26.5. The Kier molecular flexibility index (Phi) is 7.64. The minimum atomic E-state index is -0.294. The minimum Gasteiger partial charge on any atom is -0.492 e. The predicted molar refractivity (Wildman–Crippen MR) is 140 cm³/mol. The summed E-state index contributed by atoms with van der Waals surface area (Å²) in [5, 5.41) is 7.17. The number of nitrogens with one attached hydrogen (secondary N) is 1. The number of aryl methyl sites for hydroxylation is 1. The summed E-state index contributed by atoms with van der Waals surface area (Å²) in [6, 6.07) is 12.6. The Morgan fingerprint density at radius 2 is 1.82 bits per heavy atom. The molecule has 0 aliphatic carbocycles. The van der Waals surface area contributed by atoms with E-state index in [0.29, 0.717) is 35.3 Å². The first-order valence-corrected chi connectivity index (χ1v) is 12.5. The van der Waals surface area contributed by atoms with Crippen LogP contribution in [0, 0.1) is 0 Å². The van der Waals surface area contributed by atoms with E-state index in [4.69, 9.17) is 18.9 Å². The van der Waals surface area contributed by atoms with Crippen molar-refractivity contribution in [1.29, 1.82) is 0 Å². The molecule has 2 aromatic carbocycles. The second kappa shape index (κ2) is 11.4. The third-order valence-corrected chi connectivity index (χ3v) is 6.56. The molecule has 2 aliphatic rings. The first kappa shape index (κ1) is 25.4. The Morgan fingerprint density at radius 1 is 1.00 bits per heavy atom. The second-order valence-corrected chi connectivity index (χ2v) is 9.10. The monoisotopic (exact) mass is 521 g/mol. The standard InChI is InChI=1S/C27H31N5O6/c1-19(33)32-11-9-31(10-12-32)13-14-35-24-5-3-20(15-22(24)23-7-8-28-30(23)2)29-27(34)17-36-21-4-6-25-26(16-21)38-18-37-25/h3-8,15-16H,9-14,17-18H2,1-2H3,(H,29,34). The molecular formula is C27H31N5O6. The quantitative estimate of drug-likeness (QED) is 0.458. The van der Waals surface area contributed by atoms with Crippen molar-refractivity contribution in [3.05, 3.63) is 48.7 Å². The highest BCUT2D eigenvalue weighted by atomic mass is 16.7. The van der Waals surface area contributed by atoms with E-state index in [1.807, 2.05) is 30.1 Å². The van der Waals surface area contributed by atoms with E-state index >= 15 is 0 Å². The van der Waals surface area contributed by atoms with E-state index in [1.165, 1.54) is 0 Å². The van der Waals surface area contributed by atoms with Gasteiger partial charge in [-0.25, -0.2) is 0 Å². The van der Waals surface area contributed by atoms with E-state index in [1.54, 1.807) is 42.1 Å². The first-order chi connectivity index (χ1) is 18.5. The number of rotatable bonds is 9. The van der Waals surface area contributed by atoms with E-state index in [9.17, 15) is 9.59 Å². The zero-order valence-electron chi connectivity index (χ0n) is 21.5. The highest BCUT2D eigenvalue weighted by Crippen LogP contribution is 2.35. The van der Waals surface area contributed by atoms with Crippen molar-refractivity contribution in [3.63, 3.8) is 0 Å². The van der Waals surface area contributed by atoms with Gasteiger partial charge in [0.05, 0.1) is 5.69 Å². The maximum absolute atomic E-state index is 12.6. The molecule has 1 fully saturated rings. The number of ether oxygens (including phenoxy) is 4. The smallest absolute Gasteiger partial charge is 0.262 e. The molecular weight excluding hydrogens is 490 g/mol. The van der Waals surface area contributed by atoms with Gasteiger partial charge >= 0.3 is 0 Å². The number of aromatic nitrogens is 2. The van der Waals surface area contributed by atoms with Crippen molar-refractivity contribution in [3.8, 4) is 34.3 Å². The number of nitrogens with zero attached hydrogens (tertiary/aromatic N) is 4. The van der Waals surface area contributed by atoms with Crippen molar-refractivity contribution >= 4 is 17.5 Å². The molecule has 11 nitrogen and oxygen atoms in total. The van der Waals surface area contributed by atoms with E-state index < -0.39 is 0 Å². The molecule has 3 aromatic rings. The molecule has 3 heterocycles. The number of fused-ring (bicyclic) bond motifs is 1. The first-order valence-electron chi connectivity index (χ1n) is 12.5. The van der Waals surface area contributed by atoms with Gasteiger partial charge in [-0.15, -0.1) is 0 Å². The number of hydrogen-bond donors (Lipinski definition) is 1. The molecule has 11 heteroatoms. The lowest BCUT2D eigenvalue weighted by Crippen LogP contribution is -2.48. The third-order valence-electron chi connectivity index (χ3n) is 6.56. The van der Waals surface area contributed by atoms with E-state index in [-0.39, 0.29) is 25.2 Å². The number of hydrogen-bond acceptors (Lipinski definition) is 8. The fourth-order valence-corrected chi connectivity index (χ4v) is 4.46. The van der Waals surface area contributed by atoms with Gasteiger partial charge in [-0.05, 0) is 36.4 Å². The van der Waals surface area contributed by atoms with Crippen molar-refractivity contribution in [1.82, 2.24) is 19.6 Å². The van der Waals surface area contributed by atoms with Gasteiger partial charge in [0.1, 0.15) is 18.1 Å². The van der Waals surface area contributed by atoms with Gasteiger partial charge in [-0.1, -0.05) is 0 Å². The van der Waals surface area contributed by atoms with Crippen LogP contribution in [-0.2, 0) is 16.6 Å². The van der Waals surface area contributed by atoms with Crippen LogP contribution >= 0.6 is 0 Å². The summed E-state index contributed by atoms with van der Waals surface area (Å²) in [6.45, 7) is 6.02. The molecule has 0 radical (unpaired) electrons. The number of amides is 2. The lowest BCUT2D eigenvalue weighted by molar-refractivity contribution is -0.130.